The molecule has 1 N–H and O–H groups in total. The zero-order chi connectivity index (χ0) is 19.2. The van der Waals surface area contributed by atoms with E-state index in [1.807, 2.05) is 24.2 Å². The molecule has 2 aromatic rings. The molecule has 1 aliphatic rings. The number of anilines is 1. The summed E-state index contributed by atoms with van der Waals surface area (Å²) in [6, 6.07) is 6.66. The second kappa shape index (κ2) is 10.4. The van der Waals surface area contributed by atoms with Gasteiger partial charge in [-0.25, -0.2) is 4.39 Å². The van der Waals surface area contributed by atoms with E-state index in [0.717, 1.165) is 24.1 Å². The Morgan fingerprint density at radius 1 is 1.36 bits per heavy atom. The van der Waals surface area contributed by atoms with Crippen molar-refractivity contribution in [1.82, 2.24) is 20.0 Å². The maximum atomic E-state index is 13.2. The van der Waals surface area contributed by atoms with Crippen LogP contribution in [-0.4, -0.2) is 59.8 Å². The van der Waals surface area contributed by atoms with E-state index >= 15 is 0 Å². The minimum absolute atomic E-state index is 0. The number of benzene rings is 1. The van der Waals surface area contributed by atoms with Crippen molar-refractivity contribution in [3.05, 3.63) is 48.0 Å². The molecule has 0 atom stereocenters. The van der Waals surface area contributed by atoms with E-state index in [2.05, 4.69) is 15.4 Å². The monoisotopic (exact) mass is 500 g/mol. The second-order valence-electron chi connectivity index (χ2n) is 6.55. The third-order valence-electron chi connectivity index (χ3n) is 4.55. The van der Waals surface area contributed by atoms with Crippen LogP contribution in [0.1, 0.15) is 12.0 Å². The third-order valence-corrected chi connectivity index (χ3v) is 4.55. The van der Waals surface area contributed by atoms with Crippen molar-refractivity contribution in [2.75, 3.05) is 38.1 Å². The maximum Gasteiger partial charge on any atom is 0.246 e. The lowest BCUT2D eigenvalue weighted by atomic mass is 10.1. The number of aromatic nitrogens is 2. The number of halogens is 2. The van der Waals surface area contributed by atoms with Crippen LogP contribution >= 0.6 is 24.0 Å². The van der Waals surface area contributed by atoms with Crippen molar-refractivity contribution in [3.63, 3.8) is 0 Å². The fourth-order valence-corrected chi connectivity index (χ4v) is 3.19. The van der Waals surface area contributed by atoms with E-state index in [0.29, 0.717) is 25.6 Å². The van der Waals surface area contributed by atoms with Crippen molar-refractivity contribution in [1.29, 1.82) is 0 Å². The first kappa shape index (κ1) is 22.1. The summed E-state index contributed by atoms with van der Waals surface area (Å²) in [6.07, 6.45) is 5.18. The van der Waals surface area contributed by atoms with Crippen LogP contribution in [0, 0.1) is 5.82 Å². The third kappa shape index (κ3) is 5.66. The van der Waals surface area contributed by atoms with E-state index in [1.54, 1.807) is 35.0 Å². The van der Waals surface area contributed by atoms with Gasteiger partial charge in [0.25, 0.3) is 0 Å². The summed E-state index contributed by atoms with van der Waals surface area (Å²) in [5.74, 6) is 0.534. The molecule has 152 valence electrons. The minimum atomic E-state index is -0.207. The van der Waals surface area contributed by atoms with Crippen molar-refractivity contribution >= 4 is 41.5 Å². The predicted octanol–water partition coefficient (Wildman–Crippen LogP) is 2.03. The Hall–Kier alpha value is -2.17. The molecule has 3 rings (SSSR count). The summed E-state index contributed by atoms with van der Waals surface area (Å²) in [7, 11) is 3.55. The Bertz CT molecular complexity index is 824. The van der Waals surface area contributed by atoms with Gasteiger partial charge in [0.05, 0.1) is 11.9 Å². The highest BCUT2D eigenvalue weighted by Gasteiger charge is 2.27. The highest BCUT2D eigenvalue weighted by molar-refractivity contribution is 14.0. The standard InChI is InChI=1S/C19H25FN6O.HI/c1-21-19(22-8-4-6-15-5-3-7-16(20)11-15)25-9-10-26(18(27)14-25)17-12-23-24(2)13-17;/h3,5,7,11-13H,4,6,8-10,14H2,1-2H3,(H,21,22);1H. The lowest BCUT2D eigenvalue weighted by Crippen LogP contribution is -2.55. The molecule has 1 fully saturated rings. The number of rotatable bonds is 5. The van der Waals surface area contributed by atoms with Crippen molar-refractivity contribution in [2.45, 2.75) is 12.8 Å². The highest BCUT2D eigenvalue weighted by atomic mass is 127. The molecular weight excluding hydrogens is 474 g/mol. The number of carbonyl (C=O) groups excluding carboxylic acids is 1. The smallest absolute Gasteiger partial charge is 0.246 e. The van der Waals surface area contributed by atoms with Gasteiger partial charge in [-0.05, 0) is 30.5 Å². The summed E-state index contributed by atoms with van der Waals surface area (Å²) in [6.45, 7) is 2.28. The van der Waals surface area contributed by atoms with Crippen molar-refractivity contribution in [2.24, 2.45) is 12.0 Å². The van der Waals surface area contributed by atoms with Crippen LogP contribution in [0.5, 0.6) is 0 Å². The zero-order valence-electron chi connectivity index (χ0n) is 16.1. The average Bonchev–Trinajstić information content (AvgIpc) is 3.08. The van der Waals surface area contributed by atoms with Gasteiger partial charge in [0.15, 0.2) is 5.96 Å². The van der Waals surface area contributed by atoms with Crippen LogP contribution in [0.4, 0.5) is 10.1 Å². The Morgan fingerprint density at radius 2 is 2.18 bits per heavy atom. The Balaban J connectivity index is 0.00000280. The molecule has 1 aromatic heterocycles. The quantitative estimate of drug-likeness (QED) is 0.296. The van der Waals surface area contributed by atoms with E-state index < -0.39 is 0 Å². The van der Waals surface area contributed by atoms with Gasteiger partial charge in [-0.3, -0.25) is 14.5 Å². The fourth-order valence-electron chi connectivity index (χ4n) is 3.19. The van der Waals surface area contributed by atoms with Gasteiger partial charge < -0.3 is 15.1 Å². The number of aliphatic imine (C=N–C) groups is 1. The molecule has 0 aliphatic carbocycles. The SMILES string of the molecule is CN=C(NCCCc1cccc(F)c1)N1CCN(c2cnn(C)c2)C(=O)C1.I. The molecule has 2 heterocycles. The number of nitrogens with zero attached hydrogens (tertiary/aromatic N) is 5. The number of amides is 1. The topological polar surface area (TPSA) is 65.8 Å². The van der Waals surface area contributed by atoms with Crippen molar-refractivity contribution < 1.29 is 9.18 Å². The molecule has 0 spiro atoms. The maximum absolute atomic E-state index is 13.2. The molecule has 1 aromatic carbocycles. The van der Waals surface area contributed by atoms with E-state index in [1.165, 1.54) is 6.07 Å². The summed E-state index contributed by atoms with van der Waals surface area (Å²) in [5.41, 5.74) is 1.80. The first-order chi connectivity index (χ1) is 13.1. The summed E-state index contributed by atoms with van der Waals surface area (Å²) >= 11 is 0. The van der Waals surface area contributed by atoms with Gasteiger partial charge in [-0.2, -0.15) is 5.10 Å². The van der Waals surface area contributed by atoms with Gasteiger partial charge in [-0.15, -0.1) is 24.0 Å². The second-order valence-corrected chi connectivity index (χ2v) is 6.55. The molecule has 0 radical (unpaired) electrons. The number of hydrogen-bond acceptors (Lipinski definition) is 3. The van der Waals surface area contributed by atoms with E-state index in [9.17, 15) is 9.18 Å². The molecule has 28 heavy (non-hydrogen) atoms. The molecule has 0 bridgehead atoms. The lowest BCUT2D eigenvalue weighted by molar-refractivity contribution is -0.120. The number of carbonyl (C=O) groups is 1. The summed E-state index contributed by atoms with van der Waals surface area (Å²) in [5, 5.41) is 7.42. The first-order valence-electron chi connectivity index (χ1n) is 9.06. The van der Waals surface area contributed by atoms with Gasteiger partial charge in [0.1, 0.15) is 12.4 Å². The summed E-state index contributed by atoms with van der Waals surface area (Å²) < 4.78 is 14.9. The fraction of sp³-hybridized carbons (Fsp3) is 0.421. The predicted molar refractivity (Wildman–Crippen MR) is 119 cm³/mol. The van der Waals surface area contributed by atoms with Crippen LogP contribution < -0.4 is 10.2 Å². The van der Waals surface area contributed by atoms with Gasteiger partial charge in [0.2, 0.25) is 5.91 Å². The van der Waals surface area contributed by atoms with Crippen LogP contribution in [0.25, 0.3) is 0 Å². The molecule has 0 unspecified atom stereocenters. The zero-order valence-corrected chi connectivity index (χ0v) is 18.5. The number of hydrogen-bond donors (Lipinski definition) is 1. The number of piperazine rings is 1. The Labute approximate surface area is 181 Å². The average molecular weight is 500 g/mol. The van der Waals surface area contributed by atoms with Crippen LogP contribution in [0.3, 0.4) is 0 Å². The van der Waals surface area contributed by atoms with Crippen LogP contribution in [0.15, 0.2) is 41.7 Å². The molecule has 1 saturated heterocycles. The lowest BCUT2D eigenvalue weighted by Gasteiger charge is -2.35. The van der Waals surface area contributed by atoms with Crippen molar-refractivity contribution in [3.8, 4) is 0 Å². The van der Waals surface area contributed by atoms with Gasteiger partial charge >= 0.3 is 0 Å². The minimum Gasteiger partial charge on any atom is -0.356 e. The molecule has 1 aliphatic heterocycles. The van der Waals surface area contributed by atoms with Crippen LogP contribution in [-0.2, 0) is 18.3 Å². The first-order valence-corrected chi connectivity index (χ1v) is 9.06. The number of guanidine groups is 1. The highest BCUT2D eigenvalue weighted by Crippen LogP contribution is 2.16. The number of nitrogens with one attached hydrogen (secondary N) is 1. The van der Waals surface area contributed by atoms with E-state index in [4.69, 9.17) is 0 Å². The molecular formula is C19H26FIN6O. The Morgan fingerprint density at radius 3 is 2.82 bits per heavy atom. The summed E-state index contributed by atoms with van der Waals surface area (Å²) in [4.78, 5) is 20.5. The molecule has 1 amide bonds. The van der Waals surface area contributed by atoms with Crippen LogP contribution in [0.2, 0.25) is 0 Å². The molecule has 0 saturated carbocycles. The van der Waals surface area contributed by atoms with Gasteiger partial charge in [0, 0.05) is 39.9 Å². The van der Waals surface area contributed by atoms with E-state index in [-0.39, 0.29) is 42.2 Å². The normalized spacial score (nSPS) is 14.8. The molecule has 9 heteroatoms. The Kier molecular flexibility index (Phi) is 8.21. The number of aryl methyl sites for hydroxylation is 2. The largest absolute Gasteiger partial charge is 0.356 e. The molecule has 7 nitrogen and oxygen atoms in total. The van der Waals surface area contributed by atoms with Gasteiger partial charge in [-0.1, -0.05) is 12.1 Å².